The van der Waals surface area contributed by atoms with E-state index in [0.29, 0.717) is 0 Å². The van der Waals surface area contributed by atoms with Gasteiger partial charge in [-0.25, -0.2) is 0 Å². The van der Waals surface area contributed by atoms with E-state index >= 15 is 0 Å². The summed E-state index contributed by atoms with van der Waals surface area (Å²) >= 11 is 0.621. The van der Waals surface area contributed by atoms with Crippen molar-refractivity contribution in [2.24, 2.45) is 0 Å². The minimum atomic E-state index is -1.69. The summed E-state index contributed by atoms with van der Waals surface area (Å²) in [5, 5.41) is 4.62. The van der Waals surface area contributed by atoms with E-state index in [-0.39, 0.29) is 15.9 Å². The first-order chi connectivity index (χ1) is 11.2. The molecule has 23 heavy (non-hydrogen) atoms. The van der Waals surface area contributed by atoms with Crippen LogP contribution in [-0.4, -0.2) is 48.1 Å². The van der Waals surface area contributed by atoms with Crippen molar-refractivity contribution >= 4 is 83.4 Å². The van der Waals surface area contributed by atoms with Crippen molar-refractivity contribution in [3.05, 3.63) is 91.0 Å². The summed E-state index contributed by atoms with van der Waals surface area (Å²) < 4.78 is -1.69. The molecular weight excluding hydrogens is 464 g/mol. The summed E-state index contributed by atoms with van der Waals surface area (Å²) in [5.74, 6) is 0. The third kappa shape index (κ3) is 5.47. The molecule has 0 amide bonds. The second kappa shape index (κ2) is 10.8. The molecular formula is C18H16Cl2KPPd. The molecule has 0 spiro atoms. The standard InChI is InChI=1S/C18H15P.2ClH.K.Pd/c1-4-10-16(11-5-1)19(17-12-6-2-7-13-17)18-14-8-3-9-15-18;;;;/h1-15H;2*1H;;/q;;;-1;+2/p-1. The second-order valence-corrected chi connectivity index (χ2v) is 18.6. The molecule has 0 aliphatic carbocycles. The number of rotatable bonds is 3. The number of halogens is 2. The molecule has 0 unspecified atom stereocenters. The van der Waals surface area contributed by atoms with Crippen LogP contribution in [0.1, 0.15) is 0 Å². The Kier molecular flexibility index (Phi) is 9.57. The molecule has 3 rings (SSSR count). The average molecular weight is 480 g/mol. The minimum absolute atomic E-state index is 0.106. The van der Waals surface area contributed by atoms with Crippen LogP contribution in [0.25, 0.3) is 0 Å². The van der Waals surface area contributed by atoms with E-state index in [9.17, 15) is 0 Å². The molecule has 118 valence electrons. The van der Waals surface area contributed by atoms with Crippen LogP contribution in [-0.2, 0) is 15.9 Å². The predicted octanol–water partition coefficient (Wildman–Crippen LogP) is 4.17. The van der Waals surface area contributed by atoms with Crippen molar-refractivity contribution in [1.29, 1.82) is 0 Å². The molecule has 0 aliphatic rings. The molecule has 0 nitrogen and oxygen atoms in total. The molecule has 5 heteroatoms. The maximum absolute atomic E-state index is 4.81. The molecule has 0 radical (unpaired) electrons. The fourth-order valence-electron chi connectivity index (χ4n) is 2.81. The van der Waals surface area contributed by atoms with Gasteiger partial charge in [-0.15, -0.1) is 0 Å². The number of benzene rings is 3. The van der Waals surface area contributed by atoms with Crippen LogP contribution < -0.4 is 15.9 Å². The van der Waals surface area contributed by atoms with Crippen LogP contribution in [0.4, 0.5) is 0 Å². The molecule has 0 fully saturated rings. The summed E-state index contributed by atoms with van der Waals surface area (Å²) in [6.07, 6.45) is 0. The van der Waals surface area contributed by atoms with Crippen LogP contribution in [0.3, 0.4) is 0 Å². The van der Waals surface area contributed by atoms with Gasteiger partial charge in [0.15, 0.2) is 0 Å². The molecule has 0 saturated heterocycles. The van der Waals surface area contributed by atoms with E-state index in [2.05, 4.69) is 91.0 Å². The van der Waals surface area contributed by atoms with Crippen LogP contribution in [0.5, 0.6) is 0 Å². The van der Waals surface area contributed by atoms with E-state index in [1.807, 2.05) is 0 Å². The molecule has 3 aromatic carbocycles. The van der Waals surface area contributed by atoms with Crippen molar-refractivity contribution in [3.63, 3.8) is 0 Å². The van der Waals surface area contributed by atoms with Crippen LogP contribution in [0.15, 0.2) is 91.0 Å². The number of hydrogen-bond acceptors (Lipinski definition) is 0. The summed E-state index contributed by atoms with van der Waals surface area (Å²) in [4.78, 5) is 0. The fraction of sp³-hybridized carbons (Fsp3) is 0. The summed E-state index contributed by atoms with van der Waals surface area (Å²) in [6, 6.07) is 33.3. The molecule has 0 heterocycles. The van der Waals surface area contributed by atoms with Gasteiger partial charge in [-0.3, -0.25) is 0 Å². The zero-order valence-corrected chi connectivity index (χ0v) is 19.9. The number of hydrogen-bond donors (Lipinski definition) is 0. The van der Waals surface area contributed by atoms with Gasteiger partial charge in [0, 0.05) is 0 Å². The second-order valence-electron chi connectivity index (χ2n) is 5.27. The third-order valence-corrected chi connectivity index (χ3v) is 16.6. The van der Waals surface area contributed by atoms with E-state index in [1.54, 1.807) is 0 Å². The Morgan fingerprint density at radius 3 is 1.00 bits per heavy atom. The molecule has 0 bridgehead atoms. The van der Waals surface area contributed by atoms with Crippen LogP contribution >= 0.6 is 19.4 Å². The van der Waals surface area contributed by atoms with Crippen molar-refractivity contribution in [1.82, 2.24) is 0 Å². The van der Waals surface area contributed by atoms with Gasteiger partial charge in [-0.05, 0) is 0 Å². The predicted molar refractivity (Wildman–Crippen MR) is 104 cm³/mol. The Morgan fingerprint density at radius 1 is 0.565 bits per heavy atom. The van der Waals surface area contributed by atoms with Gasteiger partial charge in [0.05, 0.1) is 0 Å². The zero-order valence-electron chi connectivity index (χ0n) is 12.7. The zero-order chi connectivity index (χ0) is 16.5. The van der Waals surface area contributed by atoms with Crippen molar-refractivity contribution < 1.29 is 15.9 Å². The summed E-state index contributed by atoms with van der Waals surface area (Å²) in [5.41, 5.74) is 0. The maximum atomic E-state index is 4.81. The molecule has 0 aliphatic heterocycles. The van der Waals surface area contributed by atoms with Gasteiger partial charge in [-0.1, -0.05) is 0 Å². The van der Waals surface area contributed by atoms with Gasteiger partial charge in [-0.2, -0.15) is 0 Å². The van der Waals surface area contributed by atoms with E-state index in [0.717, 1.165) is 48.1 Å². The molecule has 0 atom stereocenters. The third-order valence-electron chi connectivity index (χ3n) is 4.05. The quantitative estimate of drug-likeness (QED) is 0.391. The normalized spacial score (nSPS) is 11.5. The van der Waals surface area contributed by atoms with Crippen LogP contribution in [0, 0.1) is 0 Å². The SMILES string of the molecule is [Cl][Pd][Cl].[K][PH](c1ccccc1)(c1ccccc1)c1ccccc1. The van der Waals surface area contributed by atoms with E-state index < -0.39 is 0.345 Å². The molecule has 0 aromatic heterocycles. The van der Waals surface area contributed by atoms with Gasteiger partial charge < -0.3 is 0 Å². The van der Waals surface area contributed by atoms with Crippen molar-refractivity contribution in [2.75, 3.05) is 0 Å². The summed E-state index contributed by atoms with van der Waals surface area (Å²) in [7, 11) is 9.63. The van der Waals surface area contributed by atoms with Gasteiger partial charge in [0.2, 0.25) is 0 Å². The molecule has 3 aromatic rings. The first-order valence-electron chi connectivity index (χ1n) is 7.22. The monoisotopic (exact) mass is 478 g/mol. The fourth-order valence-corrected chi connectivity index (χ4v) is 11.1. The van der Waals surface area contributed by atoms with E-state index in [4.69, 9.17) is 19.1 Å². The van der Waals surface area contributed by atoms with Crippen molar-refractivity contribution in [2.45, 2.75) is 0 Å². The Hall–Kier alpha value is 0.969. The van der Waals surface area contributed by atoms with Gasteiger partial charge >= 0.3 is 190 Å². The summed E-state index contributed by atoms with van der Waals surface area (Å²) in [6.45, 7) is 0. The van der Waals surface area contributed by atoms with Crippen molar-refractivity contribution in [3.8, 4) is 0 Å². The Bertz CT molecular complexity index is 599. The van der Waals surface area contributed by atoms with E-state index in [1.165, 1.54) is 15.9 Å². The Labute approximate surface area is 187 Å². The first kappa shape index (κ1) is 20.3. The Balaban J connectivity index is 0.000000595. The Morgan fingerprint density at radius 2 is 0.783 bits per heavy atom. The molecule has 0 N–H and O–H groups in total. The average Bonchev–Trinajstić information content (AvgIpc) is 2.64. The topological polar surface area (TPSA) is 0 Å². The van der Waals surface area contributed by atoms with Crippen LogP contribution in [0.2, 0.25) is 0 Å². The van der Waals surface area contributed by atoms with Gasteiger partial charge in [0.1, 0.15) is 0 Å². The first-order valence-corrected chi connectivity index (χ1v) is 18.4. The van der Waals surface area contributed by atoms with Gasteiger partial charge in [0.25, 0.3) is 0 Å². The molecule has 0 saturated carbocycles.